The summed E-state index contributed by atoms with van der Waals surface area (Å²) in [6.07, 6.45) is 2.87. The molecule has 25 heavy (non-hydrogen) atoms. The van der Waals surface area contributed by atoms with Gasteiger partial charge < -0.3 is 20.6 Å². The van der Waals surface area contributed by atoms with Gasteiger partial charge in [0, 0.05) is 31.7 Å². The van der Waals surface area contributed by atoms with Crippen LogP contribution in [0.15, 0.2) is 24.3 Å². The number of carboxylic acids is 1. The number of hydrogen-bond donors (Lipinski definition) is 3. The van der Waals surface area contributed by atoms with Gasteiger partial charge in [0.15, 0.2) is 0 Å². The molecule has 1 aromatic rings. The number of benzene rings is 1. The molecule has 3 rings (SSSR count). The maximum Gasteiger partial charge on any atom is 0.335 e. The molecule has 2 unspecified atom stereocenters. The predicted molar refractivity (Wildman–Crippen MR) is 91.4 cm³/mol. The zero-order valence-electron chi connectivity index (χ0n) is 14.0. The molecule has 3 N–H and O–H groups in total. The number of aromatic carboxylic acids is 1. The highest BCUT2D eigenvalue weighted by atomic mass is 16.4. The second-order valence-electron chi connectivity index (χ2n) is 6.69. The molecule has 2 heterocycles. The molecular formula is C18H23N3O4. The Morgan fingerprint density at radius 3 is 2.64 bits per heavy atom. The van der Waals surface area contributed by atoms with Crippen molar-refractivity contribution in [2.45, 2.75) is 25.3 Å². The topological polar surface area (TPSA) is 98.7 Å². The minimum absolute atomic E-state index is 0.0893. The third-order valence-corrected chi connectivity index (χ3v) is 4.86. The Balaban J connectivity index is 1.49. The summed E-state index contributed by atoms with van der Waals surface area (Å²) in [4.78, 5) is 37.5. The molecule has 134 valence electrons. The van der Waals surface area contributed by atoms with E-state index >= 15 is 0 Å². The summed E-state index contributed by atoms with van der Waals surface area (Å²) in [5, 5.41) is 15.1. The zero-order chi connectivity index (χ0) is 17.8. The Hall–Kier alpha value is -2.41. The average Bonchev–Trinajstić information content (AvgIpc) is 3.31. The number of hydrogen-bond acceptors (Lipinski definition) is 4. The molecule has 0 radical (unpaired) electrons. The Bertz CT molecular complexity index is 670. The van der Waals surface area contributed by atoms with Gasteiger partial charge in [0.1, 0.15) is 0 Å². The second kappa shape index (κ2) is 7.65. The van der Waals surface area contributed by atoms with Gasteiger partial charge in [-0.1, -0.05) is 6.07 Å². The van der Waals surface area contributed by atoms with Crippen molar-refractivity contribution in [1.82, 2.24) is 15.5 Å². The molecule has 0 aliphatic carbocycles. The van der Waals surface area contributed by atoms with Crippen LogP contribution >= 0.6 is 0 Å². The second-order valence-corrected chi connectivity index (χ2v) is 6.69. The van der Waals surface area contributed by atoms with Crippen molar-refractivity contribution in [2.75, 3.05) is 26.2 Å². The Morgan fingerprint density at radius 2 is 1.92 bits per heavy atom. The number of nitrogens with one attached hydrogen (secondary N) is 2. The van der Waals surface area contributed by atoms with Crippen molar-refractivity contribution in [3.05, 3.63) is 35.4 Å². The fourth-order valence-electron chi connectivity index (χ4n) is 3.44. The van der Waals surface area contributed by atoms with E-state index in [2.05, 4.69) is 10.6 Å². The molecule has 7 heteroatoms. The number of likely N-dealkylation sites (tertiary alicyclic amines) is 1. The fraction of sp³-hybridized carbons (Fsp3) is 0.500. The quantitative estimate of drug-likeness (QED) is 0.730. The minimum Gasteiger partial charge on any atom is -0.478 e. The van der Waals surface area contributed by atoms with E-state index in [1.54, 1.807) is 12.1 Å². The monoisotopic (exact) mass is 345 g/mol. The van der Waals surface area contributed by atoms with Gasteiger partial charge in [-0.15, -0.1) is 0 Å². The van der Waals surface area contributed by atoms with Crippen molar-refractivity contribution in [2.24, 2.45) is 5.92 Å². The molecule has 2 amide bonds. The van der Waals surface area contributed by atoms with Crippen molar-refractivity contribution in [1.29, 1.82) is 0 Å². The maximum absolute atomic E-state index is 12.4. The summed E-state index contributed by atoms with van der Waals surface area (Å²) in [7, 11) is 0. The highest BCUT2D eigenvalue weighted by molar-refractivity contribution is 5.97. The molecule has 0 spiro atoms. The predicted octanol–water partition coefficient (Wildman–Crippen LogP) is 0.715. The van der Waals surface area contributed by atoms with E-state index in [4.69, 9.17) is 5.11 Å². The Morgan fingerprint density at radius 1 is 1.20 bits per heavy atom. The molecule has 2 aliphatic heterocycles. The first-order chi connectivity index (χ1) is 12.0. The SMILES string of the molecule is O=C(O)c1cccc(C(=O)NCC2CNC(C(=O)N3CCCC3)C2)c1. The molecule has 2 saturated heterocycles. The van der Waals surface area contributed by atoms with Crippen LogP contribution in [0.5, 0.6) is 0 Å². The molecule has 2 atom stereocenters. The number of nitrogens with zero attached hydrogens (tertiary/aromatic N) is 1. The van der Waals surface area contributed by atoms with Crippen LogP contribution in [0.3, 0.4) is 0 Å². The van der Waals surface area contributed by atoms with Crippen molar-refractivity contribution in [3.8, 4) is 0 Å². The van der Waals surface area contributed by atoms with Gasteiger partial charge in [0.25, 0.3) is 5.91 Å². The number of carboxylic acid groups (broad SMARTS) is 1. The van der Waals surface area contributed by atoms with Gasteiger partial charge in [-0.25, -0.2) is 4.79 Å². The van der Waals surface area contributed by atoms with Crippen LogP contribution in [0, 0.1) is 5.92 Å². The van der Waals surface area contributed by atoms with E-state index in [1.165, 1.54) is 12.1 Å². The van der Waals surface area contributed by atoms with Crippen molar-refractivity contribution >= 4 is 17.8 Å². The first kappa shape index (κ1) is 17.4. The Kier molecular flexibility index (Phi) is 5.33. The summed E-state index contributed by atoms with van der Waals surface area (Å²) in [6, 6.07) is 5.81. The normalized spacial score (nSPS) is 22.8. The lowest BCUT2D eigenvalue weighted by atomic mass is 10.0. The highest BCUT2D eigenvalue weighted by Gasteiger charge is 2.33. The molecule has 0 saturated carbocycles. The fourth-order valence-corrected chi connectivity index (χ4v) is 3.44. The van der Waals surface area contributed by atoms with Gasteiger partial charge in [-0.2, -0.15) is 0 Å². The van der Waals surface area contributed by atoms with Crippen molar-refractivity contribution < 1.29 is 19.5 Å². The summed E-state index contributed by atoms with van der Waals surface area (Å²) in [6.45, 7) is 2.85. The molecule has 0 aromatic heterocycles. The smallest absolute Gasteiger partial charge is 0.335 e. The van der Waals surface area contributed by atoms with Crippen molar-refractivity contribution in [3.63, 3.8) is 0 Å². The van der Waals surface area contributed by atoms with Crippen LogP contribution in [0.1, 0.15) is 40.0 Å². The first-order valence-corrected chi connectivity index (χ1v) is 8.68. The van der Waals surface area contributed by atoms with E-state index in [9.17, 15) is 14.4 Å². The third kappa shape index (κ3) is 4.17. The van der Waals surface area contributed by atoms with Gasteiger partial charge in [-0.05, 0) is 43.4 Å². The summed E-state index contributed by atoms with van der Waals surface area (Å²) in [5.41, 5.74) is 0.419. The third-order valence-electron chi connectivity index (χ3n) is 4.86. The molecule has 0 bridgehead atoms. The van der Waals surface area contributed by atoms with Gasteiger partial charge in [0.05, 0.1) is 11.6 Å². The zero-order valence-corrected chi connectivity index (χ0v) is 14.0. The standard InChI is InChI=1S/C18H23N3O4/c22-16(13-4-3-5-14(9-13)18(24)25)20-11-12-8-15(19-10-12)17(23)21-6-1-2-7-21/h3-5,9,12,15,19H,1-2,6-8,10-11H2,(H,20,22)(H,24,25). The lowest BCUT2D eigenvalue weighted by molar-refractivity contribution is -0.132. The van der Waals surface area contributed by atoms with E-state index in [0.717, 1.165) is 25.9 Å². The minimum atomic E-state index is -1.06. The van der Waals surface area contributed by atoms with E-state index in [-0.39, 0.29) is 29.3 Å². The molecular weight excluding hydrogens is 322 g/mol. The van der Waals surface area contributed by atoms with E-state index in [0.29, 0.717) is 25.1 Å². The number of amides is 2. The van der Waals surface area contributed by atoms with Gasteiger partial charge >= 0.3 is 5.97 Å². The van der Waals surface area contributed by atoms with Crippen LogP contribution in [0.25, 0.3) is 0 Å². The number of carbonyl (C=O) groups excluding carboxylic acids is 2. The number of carbonyl (C=O) groups is 3. The first-order valence-electron chi connectivity index (χ1n) is 8.68. The largest absolute Gasteiger partial charge is 0.478 e. The molecule has 7 nitrogen and oxygen atoms in total. The molecule has 2 fully saturated rings. The Labute approximate surface area is 146 Å². The highest BCUT2D eigenvalue weighted by Crippen LogP contribution is 2.18. The number of rotatable bonds is 5. The average molecular weight is 345 g/mol. The van der Waals surface area contributed by atoms with Crippen LogP contribution < -0.4 is 10.6 Å². The van der Waals surface area contributed by atoms with E-state index in [1.807, 2.05) is 4.90 Å². The lowest BCUT2D eigenvalue weighted by Gasteiger charge is -2.20. The summed E-state index contributed by atoms with van der Waals surface area (Å²) >= 11 is 0. The van der Waals surface area contributed by atoms with E-state index < -0.39 is 5.97 Å². The molecule has 2 aliphatic rings. The van der Waals surface area contributed by atoms with Crippen LogP contribution in [0.4, 0.5) is 0 Å². The van der Waals surface area contributed by atoms with Gasteiger partial charge in [0.2, 0.25) is 5.91 Å². The maximum atomic E-state index is 12.4. The van der Waals surface area contributed by atoms with Gasteiger partial charge in [-0.3, -0.25) is 9.59 Å². The van der Waals surface area contributed by atoms with Crippen LogP contribution in [-0.4, -0.2) is 60.0 Å². The van der Waals surface area contributed by atoms with Crippen LogP contribution in [-0.2, 0) is 4.79 Å². The summed E-state index contributed by atoms with van der Waals surface area (Å²) < 4.78 is 0. The van der Waals surface area contributed by atoms with Crippen LogP contribution in [0.2, 0.25) is 0 Å². The lowest BCUT2D eigenvalue weighted by Crippen LogP contribution is -2.42. The molecule has 1 aromatic carbocycles. The summed E-state index contributed by atoms with van der Waals surface area (Å²) in [5.74, 6) is -0.987.